The van der Waals surface area contributed by atoms with Gasteiger partial charge in [-0.05, 0) is 48.6 Å². The second kappa shape index (κ2) is 6.77. The second-order valence-corrected chi connectivity index (χ2v) is 6.23. The number of aliphatic hydroxyl groups excluding tert-OH is 1. The molecule has 1 aromatic heterocycles. The van der Waals surface area contributed by atoms with Crippen LogP contribution in [0.5, 0.6) is 0 Å². The molecule has 0 saturated heterocycles. The van der Waals surface area contributed by atoms with E-state index >= 15 is 0 Å². The van der Waals surface area contributed by atoms with Gasteiger partial charge in [-0.2, -0.15) is 0 Å². The predicted octanol–water partition coefficient (Wildman–Crippen LogP) is 3.99. The molecule has 2 aromatic rings. The highest BCUT2D eigenvalue weighted by Crippen LogP contribution is 2.37. The molecule has 1 aliphatic rings. The lowest BCUT2D eigenvalue weighted by Crippen LogP contribution is -2.22. The molecule has 0 aliphatic heterocycles. The molecule has 1 aliphatic carbocycles. The van der Waals surface area contributed by atoms with Gasteiger partial charge in [0.1, 0.15) is 11.6 Å². The predicted molar refractivity (Wildman–Crippen MR) is 85.9 cm³/mol. The Balaban J connectivity index is 1.73. The number of carbonyl (C=O) groups excluding carboxylic acids is 1. The summed E-state index contributed by atoms with van der Waals surface area (Å²) in [5, 5.41) is 10.4. The number of hydrogen-bond donors (Lipinski definition) is 1. The zero-order valence-corrected chi connectivity index (χ0v) is 13.3. The quantitative estimate of drug-likeness (QED) is 0.920. The van der Waals surface area contributed by atoms with E-state index < -0.39 is 6.10 Å². The number of nitrogens with zero attached hydrogens (tertiary/aromatic N) is 1. The van der Waals surface area contributed by atoms with Crippen LogP contribution in [0.1, 0.15) is 48.1 Å². The van der Waals surface area contributed by atoms with Crippen molar-refractivity contribution in [3.63, 3.8) is 0 Å². The number of rotatable bonds is 4. The number of hydrogen-bond acceptors (Lipinski definition) is 3. The third kappa shape index (κ3) is 3.43. The first-order valence-corrected chi connectivity index (χ1v) is 8.03. The SMILES string of the molecule is O=C(CCc1ccc(F)cc1Cl)[C@H]1CC[C@H](O)c2ncccc21. The highest BCUT2D eigenvalue weighted by Gasteiger charge is 2.31. The number of aromatic nitrogens is 1. The fourth-order valence-electron chi connectivity index (χ4n) is 3.11. The fraction of sp³-hybridized carbons (Fsp3) is 0.333. The van der Waals surface area contributed by atoms with Crippen LogP contribution in [0.2, 0.25) is 5.02 Å². The van der Waals surface area contributed by atoms with E-state index in [2.05, 4.69) is 4.98 Å². The average molecular weight is 334 g/mol. The van der Waals surface area contributed by atoms with Gasteiger partial charge in [0.15, 0.2) is 0 Å². The standard InChI is InChI=1S/C18H17ClFNO2/c19-15-10-12(20)5-3-11(15)4-7-16(22)13-6-8-17(23)18-14(13)2-1-9-21-18/h1-3,5,9-10,13,17,23H,4,6-8H2/t13-,17-/m0/s1. The van der Waals surface area contributed by atoms with E-state index in [0.717, 1.165) is 11.1 Å². The number of carbonyl (C=O) groups is 1. The van der Waals surface area contributed by atoms with Crippen molar-refractivity contribution in [2.45, 2.75) is 37.7 Å². The van der Waals surface area contributed by atoms with Crippen LogP contribution in [0, 0.1) is 5.82 Å². The molecule has 1 aromatic carbocycles. The molecule has 1 heterocycles. The number of aryl methyl sites for hydroxylation is 1. The van der Waals surface area contributed by atoms with Crippen LogP contribution in [0.25, 0.3) is 0 Å². The van der Waals surface area contributed by atoms with E-state index in [4.69, 9.17) is 11.6 Å². The van der Waals surface area contributed by atoms with Crippen LogP contribution in [0.4, 0.5) is 4.39 Å². The van der Waals surface area contributed by atoms with Crippen molar-refractivity contribution in [2.75, 3.05) is 0 Å². The maximum Gasteiger partial charge on any atom is 0.140 e. The van der Waals surface area contributed by atoms with Crippen LogP contribution in [-0.4, -0.2) is 15.9 Å². The first kappa shape index (κ1) is 16.1. The minimum atomic E-state index is -0.596. The summed E-state index contributed by atoms with van der Waals surface area (Å²) >= 11 is 6.00. The maximum atomic E-state index is 13.1. The molecule has 3 nitrogen and oxygen atoms in total. The van der Waals surface area contributed by atoms with Crippen molar-refractivity contribution in [3.8, 4) is 0 Å². The summed E-state index contributed by atoms with van der Waals surface area (Å²) in [5.41, 5.74) is 2.20. The lowest BCUT2D eigenvalue weighted by Gasteiger charge is -2.27. The molecular weight excluding hydrogens is 317 g/mol. The number of halogens is 2. The van der Waals surface area contributed by atoms with E-state index in [-0.39, 0.29) is 17.5 Å². The zero-order valence-electron chi connectivity index (χ0n) is 12.5. The Kier molecular flexibility index (Phi) is 4.74. The van der Waals surface area contributed by atoms with E-state index in [1.807, 2.05) is 6.07 Å². The van der Waals surface area contributed by atoms with Crippen LogP contribution in [0.15, 0.2) is 36.5 Å². The lowest BCUT2D eigenvalue weighted by atomic mass is 9.80. The van der Waals surface area contributed by atoms with Crippen LogP contribution < -0.4 is 0 Å². The van der Waals surface area contributed by atoms with Crippen LogP contribution >= 0.6 is 11.6 Å². The summed E-state index contributed by atoms with van der Waals surface area (Å²) < 4.78 is 13.1. The molecule has 0 saturated carbocycles. The summed E-state index contributed by atoms with van der Waals surface area (Å²) in [6.07, 6.45) is 3.01. The van der Waals surface area contributed by atoms with E-state index in [0.29, 0.717) is 36.4 Å². The highest BCUT2D eigenvalue weighted by atomic mass is 35.5. The Morgan fingerprint density at radius 3 is 2.96 bits per heavy atom. The Hall–Kier alpha value is -1.78. The van der Waals surface area contributed by atoms with Crippen molar-refractivity contribution in [1.82, 2.24) is 4.98 Å². The molecule has 0 amide bonds. The molecule has 0 fully saturated rings. The fourth-order valence-corrected chi connectivity index (χ4v) is 3.37. The third-order valence-electron chi connectivity index (χ3n) is 4.34. The number of Topliss-reactive ketones (excluding diaryl/α,β-unsaturated/α-hetero) is 1. The van der Waals surface area contributed by atoms with Crippen molar-refractivity contribution in [3.05, 3.63) is 64.2 Å². The molecule has 3 rings (SSSR count). The lowest BCUT2D eigenvalue weighted by molar-refractivity contribution is -0.121. The molecule has 0 spiro atoms. The van der Waals surface area contributed by atoms with Gasteiger partial charge >= 0.3 is 0 Å². The van der Waals surface area contributed by atoms with Gasteiger partial charge in [-0.25, -0.2) is 4.39 Å². The molecular formula is C18H17ClFNO2. The zero-order chi connectivity index (χ0) is 16.4. The van der Waals surface area contributed by atoms with Crippen molar-refractivity contribution < 1.29 is 14.3 Å². The molecule has 5 heteroatoms. The molecule has 23 heavy (non-hydrogen) atoms. The van der Waals surface area contributed by atoms with Crippen molar-refractivity contribution >= 4 is 17.4 Å². The van der Waals surface area contributed by atoms with Crippen molar-refractivity contribution in [2.24, 2.45) is 0 Å². The summed E-state index contributed by atoms with van der Waals surface area (Å²) in [7, 11) is 0. The number of fused-ring (bicyclic) bond motifs is 1. The van der Waals surface area contributed by atoms with E-state index in [9.17, 15) is 14.3 Å². The van der Waals surface area contributed by atoms with E-state index in [1.165, 1.54) is 12.1 Å². The smallest absolute Gasteiger partial charge is 0.140 e. The highest BCUT2D eigenvalue weighted by molar-refractivity contribution is 6.31. The molecule has 2 atom stereocenters. The van der Waals surface area contributed by atoms with E-state index in [1.54, 1.807) is 18.3 Å². The normalized spacial score (nSPS) is 20.1. The van der Waals surface area contributed by atoms with Crippen molar-refractivity contribution in [1.29, 1.82) is 0 Å². The van der Waals surface area contributed by atoms with Gasteiger partial charge in [-0.3, -0.25) is 9.78 Å². The summed E-state index contributed by atoms with van der Waals surface area (Å²) in [6, 6.07) is 7.87. The summed E-state index contributed by atoms with van der Waals surface area (Å²) in [5.74, 6) is -0.515. The van der Waals surface area contributed by atoms with Gasteiger partial charge in [0.25, 0.3) is 0 Å². The number of ketones is 1. The number of aliphatic hydroxyl groups is 1. The Morgan fingerprint density at radius 2 is 2.17 bits per heavy atom. The molecule has 0 radical (unpaired) electrons. The Morgan fingerprint density at radius 1 is 1.35 bits per heavy atom. The minimum Gasteiger partial charge on any atom is -0.387 e. The summed E-state index contributed by atoms with van der Waals surface area (Å²) in [6.45, 7) is 0. The largest absolute Gasteiger partial charge is 0.387 e. The average Bonchev–Trinajstić information content (AvgIpc) is 2.54. The Labute approximate surface area is 139 Å². The Bertz CT molecular complexity index is 735. The van der Waals surface area contributed by atoms with Gasteiger partial charge in [0, 0.05) is 23.6 Å². The van der Waals surface area contributed by atoms with Crippen LogP contribution in [0.3, 0.4) is 0 Å². The van der Waals surface area contributed by atoms with Gasteiger partial charge in [-0.15, -0.1) is 0 Å². The molecule has 0 unspecified atom stereocenters. The van der Waals surface area contributed by atoms with Gasteiger partial charge in [0.05, 0.1) is 11.8 Å². The topological polar surface area (TPSA) is 50.2 Å². The van der Waals surface area contributed by atoms with Crippen LogP contribution in [-0.2, 0) is 11.2 Å². The number of pyridine rings is 1. The monoisotopic (exact) mass is 333 g/mol. The van der Waals surface area contributed by atoms with Gasteiger partial charge in [-0.1, -0.05) is 23.7 Å². The second-order valence-electron chi connectivity index (χ2n) is 5.83. The minimum absolute atomic E-state index is 0.103. The summed E-state index contributed by atoms with van der Waals surface area (Å²) in [4.78, 5) is 16.8. The van der Waals surface area contributed by atoms with Gasteiger partial charge < -0.3 is 5.11 Å². The number of benzene rings is 1. The van der Waals surface area contributed by atoms with Gasteiger partial charge in [0.2, 0.25) is 0 Å². The molecule has 1 N–H and O–H groups in total. The maximum absolute atomic E-state index is 13.1. The molecule has 0 bridgehead atoms. The molecule has 120 valence electrons. The first-order chi connectivity index (χ1) is 11.1. The first-order valence-electron chi connectivity index (χ1n) is 7.66. The third-order valence-corrected chi connectivity index (χ3v) is 4.69.